The van der Waals surface area contributed by atoms with Gasteiger partial charge in [-0.2, -0.15) is 0 Å². The van der Waals surface area contributed by atoms with Gasteiger partial charge in [-0.1, -0.05) is 20.3 Å². The minimum atomic E-state index is 0.541. The molecule has 2 aliphatic carbocycles. The van der Waals surface area contributed by atoms with Crippen LogP contribution in [0, 0.1) is 23.7 Å². The van der Waals surface area contributed by atoms with E-state index in [0.717, 1.165) is 36.5 Å². The Morgan fingerprint density at radius 1 is 1.29 bits per heavy atom. The van der Waals surface area contributed by atoms with Crippen molar-refractivity contribution in [2.24, 2.45) is 23.7 Å². The number of rotatable bonds is 2. The van der Waals surface area contributed by atoms with Gasteiger partial charge in [0.1, 0.15) is 5.78 Å². The number of ketones is 1. The van der Waals surface area contributed by atoms with Gasteiger partial charge in [0.2, 0.25) is 0 Å². The molecule has 2 rings (SSSR count). The molecule has 0 aromatic carbocycles. The maximum atomic E-state index is 11.6. The van der Waals surface area contributed by atoms with Crippen LogP contribution in [-0.2, 0) is 4.79 Å². The zero-order valence-electron chi connectivity index (χ0n) is 9.46. The Hall–Kier alpha value is -0.330. The third kappa shape index (κ3) is 2.02. The molecular weight excluding hydrogens is 172 g/mol. The second kappa shape index (κ2) is 4.04. The molecule has 0 spiro atoms. The highest BCUT2D eigenvalue weighted by molar-refractivity contribution is 5.79. The summed E-state index contributed by atoms with van der Waals surface area (Å²) < 4.78 is 0. The summed E-state index contributed by atoms with van der Waals surface area (Å²) in [5, 5.41) is 0. The molecule has 2 saturated carbocycles. The smallest absolute Gasteiger partial charge is 0.133 e. The maximum absolute atomic E-state index is 11.6. The van der Waals surface area contributed by atoms with Gasteiger partial charge in [-0.3, -0.25) is 4.79 Å². The predicted molar refractivity (Wildman–Crippen MR) is 58.0 cm³/mol. The van der Waals surface area contributed by atoms with Crippen LogP contribution in [0.1, 0.15) is 52.4 Å². The van der Waals surface area contributed by atoms with Crippen LogP contribution in [0.4, 0.5) is 0 Å². The number of fused-ring (bicyclic) bond motifs is 1. The van der Waals surface area contributed by atoms with E-state index in [-0.39, 0.29) is 0 Å². The van der Waals surface area contributed by atoms with Crippen LogP contribution in [0.25, 0.3) is 0 Å². The Balaban J connectivity index is 2.02. The monoisotopic (exact) mass is 194 g/mol. The number of Topliss-reactive ketones (excluding diaryl/α,β-unsaturated/α-hetero) is 1. The van der Waals surface area contributed by atoms with Crippen molar-refractivity contribution in [1.82, 2.24) is 0 Å². The van der Waals surface area contributed by atoms with E-state index in [0.29, 0.717) is 5.78 Å². The second-order valence-corrected chi connectivity index (χ2v) is 5.69. The van der Waals surface area contributed by atoms with Gasteiger partial charge < -0.3 is 0 Å². The van der Waals surface area contributed by atoms with E-state index in [9.17, 15) is 4.79 Å². The molecule has 0 radical (unpaired) electrons. The largest absolute Gasteiger partial charge is 0.300 e. The van der Waals surface area contributed by atoms with Crippen LogP contribution in [0.15, 0.2) is 0 Å². The summed E-state index contributed by atoms with van der Waals surface area (Å²) in [7, 11) is 0. The Labute approximate surface area is 87.3 Å². The fourth-order valence-corrected chi connectivity index (χ4v) is 3.62. The molecule has 0 amide bonds. The lowest BCUT2D eigenvalue weighted by atomic mass is 9.70. The highest BCUT2D eigenvalue weighted by atomic mass is 16.1. The molecule has 0 N–H and O–H groups in total. The lowest BCUT2D eigenvalue weighted by Gasteiger charge is -2.34. The van der Waals surface area contributed by atoms with Crippen molar-refractivity contribution in [3.63, 3.8) is 0 Å². The molecule has 2 aliphatic rings. The van der Waals surface area contributed by atoms with Crippen molar-refractivity contribution in [2.75, 3.05) is 0 Å². The molecule has 0 aliphatic heterocycles. The molecule has 80 valence electrons. The van der Waals surface area contributed by atoms with Crippen LogP contribution in [0.5, 0.6) is 0 Å². The molecule has 2 fully saturated rings. The third-order valence-corrected chi connectivity index (χ3v) is 4.08. The zero-order valence-corrected chi connectivity index (χ0v) is 9.46. The van der Waals surface area contributed by atoms with Gasteiger partial charge in [-0.15, -0.1) is 0 Å². The summed E-state index contributed by atoms with van der Waals surface area (Å²) in [6.45, 7) is 4.56. The lowest BCUT2D eigenvalue weighted by Crippen LogP contribution is -2.30. The topological polar surface area (TPSA) is 17.1 Å². The van der Waals surface area contributed by atoms with E-state index in [2.05, 4.69) is 13.8 Å². The zero-order chi connectivity index (χ0) is 10.1. The van der Waals surface area contributed by atoms with E-state index >= 15 is 0 Å². The molecule has 0 bridgehead atoms. The van der Waals surface area contributed by atoms with Crippen molar-refractivity contribution in [2.45, 2.75) is 52.4 Å². The first-order chi connectivity index (χ1) is 6.66. The molecule has 0 aromatic rings. The van der Waals surface area contributed by atoms with Crippen LogP contribution in [0.2, 0.25) is 0 Å². The molecule has 0 aromatic heterocycles. The first-order valence-electron chi connectivity index (χ1n) is 6.18. The molecule has 0 saturated heterocycles. The van der Waals surface area contributed by atoms with Crippen LogP contribution in [-0.4, -0.2) is 5.78 Å². The van der Waals surface area contributed by atoms with Crippen molar-refractivity contribution >= 4 is 5.78 Å². The predicted octanol–water partition coefficient (Wildman–Crippen LogP) is 3.43. The summed E-state index contributed by atoms with van der Waals surface area (Å²) in [6.07, 6.45) is 7.16. The first kappa shape index (κ1) is 10.2. The highest BCUT2D eigenvalue weighted by Gasteiger charge is 2.39. The maximum Gasteiger partial charge on any atom is 0.133 e. The quantitative estimate of drug-likeness (QED) is 0.658. The van der Waals surface area contributed by atoms with Gasteiger partial charge in [-0.05, 0) is 42.9 Å². The average molecular weight is 194 g/mol. The Morgan fingerprint density at radius 3 is 2.79 bits per heavy atom. The van der Waals surface area contributed by atoms with Gasteiger partial charge in [0, 0.05) is 12.8 Å². The Kier molecular flexibility index (Phi) is 2.94. The molecule has 14 heavy (non-hydrogen) atoms. The van der Waals surface area contributed by atoms with Crippen LogP contribution < -0.4 is 0 Å². The van der Waals surface area contributed by atoms with Crippen molar-refractivity contribution in [3.05, 3.63) is 0 Å². The minimum Gasteiger partial charge on any atom is -0.300 e. The molecule has 3 atom stereocenters. The molecule has 1 heteroatoms. The van der Waals surface area contributed by atoms with E-state index in [1.807, 2.05) is 0 Å². The summed E-state index contributed by atoms with van der Waals surface area (Å²) in [5.74, 6) is 3.68. The lowest BCUT2D eigenvalue weighted by molar-refractivity contribution is -0.124. The molecular formula is C13H22O. The molecule has 0 heterocycles. The van der Waals surface area contributed by atoms with Gasteiger partial charge in [0.25, 0.3) is 0 Å². The standard InChI is InChI=1S/C13H22O/c1-9(2)6-11-8-12(14)7-10-4-3-5-13(10)11/h9-11,13H,3-8H2,1-2H3. The Bertz CT molecular complexity index is 219. The van der Waals surface area contributed by atoms with Gasteiger partial charge in [-0.25, -0.2) is 0 Å². The fraction of sp³-hybridized carbons (Fsp3) is 0.923. The highest BCUT2D eigenvalue weighted by Crippen LogP contribution is 2.46. The van der Waals surface area contributed by atoms with Gasteiger partial charge in [0.15, 0.2) is 0 Å². The minimum absolute atomic E-state index is 0.541. The Morgan fingerprint density at radius 2 is 2.07 bits per heavy atom. The molecule has 1 nitrogen and oxygen atoms in total. The van der Waals surface area contributed by atoms with Crippen LogP contribution >= 0.6 is 0 Å². The van der Waals surface area contributed by atoms with Crippen molar-refractivity contribution in [3.8, 4) is 0 Å². The number of carbonyl (C=O) groups is 1. The van der Waals surface area contributed by atoms with E-state index in [1.165, 1.54) is 25.7 Å². The van der Waals surface area contributed by atoms with Crippen LogP contribution in [0.3, 0.4) is 0 Å². The molecule has 3 unspecified atom stereocenters. The summed E-state index contributed by atoms with van der Waals surface area (Å²) in [6, 6.07) is 0. The second-order valence-electron chi connectivity index (χ2n) is 5.69. The first-order valence-corrected chi connectivity index (χ1v) is 6.18. The fourth-order valence-electron chi connectivity index (χ4n) is 3.62. The van der Waals surface area contributed by atoms with Crippen molar-refractivity contribution in [1.29, 1.82) is 0 Å². The van der Waals surface area contributed by atoms with Gasteiger partial charge >= 0.3 is 0 Å². The average Bonchev–Trinajstić information content (AvgIpc) is 2.50. The van der Waals surface area contributed by atoms with E-state index < -0.39 is 0 Å². The number of hydrogen-bond acceptors (Lipinski definition) is 1. The third-order valence-electron chi connectivity index (χ3n) is 4.08. The van der Waals surface area contributed by atoms with E-state index in [4.69, 9.17) is 0 Å². The normalized spacial score (nSPS) is 37.6. The van der Waals surface area contributed by atoms with E-state index in [1.54, 1.807) is 0 Å². The summed E-state index contributed by atoms with van der Waals surface area (Å²) >= 11 is 0. The number of carbonyl (C=O) groups excluding carboxylic acids is 1. The van der Waals surface area contributed by atoms with Crippen molar-refractivity contribution < 1.29 is 4.79 Å². The number of hydrogen-bond donors (Lipinski definition) is 0. The SMILES string of the molecule is CC(C)CC1CC(=O)CC2CCCC21. The summed E-state index contributed by atoms with van der Waals surface area (Å²) in [5.41, 5.74) is 0. The van der Waals surface area contributed by atoms with Gasteiger partial charge in [0.05, 0.1) is 0 Å². The summed E-state index contributed by atoms with van der Waals surface area (Å²) in [4.78, 5) is 11.6.